The number of hydrogen-bond donors (Lipinski definition) is 1. The number of likely N-dealkylation sites (tertiary alicyclic amines) is 1. The maximum Gasteiger partial charge on any atom is 0.222 e. The molecular weight excluding hydrogens is 336 g/mol. The van der Waals surface area contributed by atoms with Crippen molar-refractivity contribution in [2.45, 2.75) is 25.6 Å². The molecule has 1 N–H and O–H groups in total. The monoisotopic (exact) mass is 360 g/mol. The number of aromatic nitrogens is 2. The molecular formula is C22H24N4O. The molecule has 0 amide bonds. The molecule has 0 saturated carbocycles. The lowest BCUT2D eigenvalue weighted by Crippen LogP contribution is -2.40. The maximum absolute atomic E-state index is 5.35. The summed E-state index contributed by atoms with van der Waals surface area (Å²) in [7, 11) is 1.71. The summed E-state index contributed by atoms with van der Waals surface area (Å²) in [6, 6.07) is 19.0. The molecule has 138 valence electrons. The number of benzene rings is 2. The minimum atomic E-state index is 0.441. The van der Waals surface area contributed by atoms with Gasteiger partial charge in [-0.3, -0.25) is 4.90 Å². The van der Waals surface area contributed by atoms with Crippen molar-refractivity contribution in [2.75, 3.05) is 19.0 Å². The van der Waals surface area contributed by atoms with Gasteiger partial charge in [-0.05, 0) is 29.7 Å². The molecule has 0 unspecified atom stereocenters. The topological polar surface area (TPSA) is 50.3 Å². The number of methoxy groups -OCH3 is 1. The van der Waals surface area contributed by atoms with Crippen molar-refractivity contribution in [3.05, 3.63) is 83.7 Å². The molecule has 1 saturated heterocycles. The van der Waals surface area contributed by atoms with Crippen molar-refractivity contribution in [1.82, 2.24) is 14.9 Å². The molecule has 0 radical (unpaired) electrons. The third-order valence-corrected chi connectivity index (χ3v) is 4.99. The number of hydrogen-bond acceptors (Lipinski definition) is 5. The summed E-state index contributed by atoms with van der Waals surface area (Å²) in [5, 5.41) is 3.27. The second-order valence-electron chi connectivity index (χ2n) is 6.81. The second-order valence-corrected chi connectivity index (χ2v) is 6.81. The number of nitrogens with one attached hydrogen (secondary N) is 1. The van der Waals surface area contributed by atoms with Gasteiger partial charge in [0.25, 0.3) is 0 Å². The summed E-state index contributed by atoms with van der Waals surface area (Å²) >= 11 is 0. The summed E-state index contributed by atoms with van der Waals surface area (Å²) in [5.41, 5.74) is 3.66. The Labute approximate surface area is 160 Å². The number of anilines is 1. The van der Waals surface area contributed by atoms with E-state index in [4.69, 9.17) is 4.74 Å². The summed E-state index contributed by atoms with van der Waals surface area (Å²) < 4.78 is 5.35. The Morgan fingerprint density at radius 2 is 1.85 bits per heavy atom. The van der Waals surface area contributed by atoms with E-state index in [2.05, 4.69) is 50.5 Å². The SMILES string of the molecule is COc1cccc([C@H]2CCN2Cc2cnc(NCc3ccccc3)nc2)c1. The molecule has 1 aromatic heterocycles. The smallest absolute Gasteiger partial charge is 0.222 e. The van der Waals surface area contributed by atoms with Gasteiger partial charge in [-0.15, -0.1) is 0 Å². The number of rotatable bonds is 7. The predicted octanol–water partition coefficient (Wildman–Crippen LogP) is 4.04. The van der Waals surface area contributed by atoms with E-state index in [1.54, 1.807) is 7.11 Å². The van der Waals surface area contributed by atoms with Crippen LogP contribution in [0.2, 0.25) is 0 Å². The fraction of sp³-hybridized carbons (Fsp3) is 0.273. The van der Waals surface area contributed by atoms with Gasteiger partial charge in [0.1, 0.15) is 5.75 Å². The highest BCUT2D eigenvalue weighted by Crippen LogP contribution is 2.35. The Bertz CT molecular complexity index is 867. The van der Waals surface area contributed by atoms with Crippen LogP contribution < -0.4 is 10.1 Å². The quantitative estimate of drug-likeness (QED) is 0.689. The molecule has 2 heterocycles. The molecule has 5 heteroatoms. The lowest BCUT2D eigenvalue weighted by molar-refractivity contribution is 0.0815. The Kier molecular flexibility index (Phi) is 5.30. The van der Waals surface area contributed by atoms with E-state index in [0.717, 1.165) is 30.9 Å². The molecule has 0 spiro atoms. The molecule has 1 aliphatic rings. The van der Waals surface area contributed by atoms with Crippen LogP contribution in [0, 0.1) is 0 Å². The van der Waals surface area contributed by atoms with Crippen molar-refractivity contribution < 1.29 is 4.74 Å². The number of ether oxygens (including phenoxy) is 1. The standard InChI is InChI=1S/C22H24N4O/c1-27-20-9-5-8-19(12-20)21-10-11-26(21)16-18-14-24-22(25-15-18)23-13-17-6-3-2-4-7-17/h2-9,12,14-15,21H,10-11,13,16H2,1H3,(H,23,24,25)/t21-/m1/s1. The minimum absolute atomic E-state index is 0.441. The van der Waals surface area contributed by atoms with Crippen LogP contribution in [0.25, 0.3) is 0 Å². The largest absolute Gasteiger partial charge is 0.497 e. The van der Waals surface area contributed by atoms with Crippen LogP contribution in [0.5, 0.6) is 5.75 Å². The van der Waals surface area contributed by atoms with Crippen LogP contribution in [-0.2, 0) is 13.1 Å². The average Bonchev–Trinajstić information content (AvgIpc) is 2.71. The van der Waals surface area contributed by atoms with E-state index in [-0.39, 0.29) is 0 Å². The van der Waals surface area contributed by atoms with Crippen LogP contribution >= 0.6 is 0 Å². The van der Waals surface area contributed by atoms with Crippen molar-refractivity contribution in [1.29, 1.82) is 0 Å². The van der Waals surface area contributed by atoms with Gasteiger partial charge in [0.15, 0.2) is 0 Å². The van der Waals surface area contributed by atoms with E-state index in [1.807, 2.05) is 36.7 Å². The van der Waals surface area contributed by atoms with Crippen molar-refractivity contribution in [3.8, 4) is 5.75 Å². The summed E-state index contributed by atoms with van der Waals surface area (Å²) in [6.45, 7) is 2.68. The van der Waals surface area contributed by atoms with Crippen LogP contribution in [0.15, 0.2) is 67.0 Å². The zero-order chi connectivity index (χ0) is 18.5. The van der Waals surface area contributed by atoms with Crippen molar-refractivity contribution >= 4 is 5.95 Å². The van der Waals surface area contributed by atoms with E-state index >= 15 is 0 Å². The second kappa shape index (κ2) is 8.18. The van der Waals surface area contributed by atoms with Crippen LogP contribution in [0.4, 0.5) is 5.95 Å². The van der Waals surface area contributed by atoms with Crippen LogP contribution in [-0.4, -0.2) is 28.5 Å². The third-order valence-electron chi connectivity index (χ3n) is 4.99. The minimum Gasteiger partial charge on any atom is -0.497 e. The van der Waals surface area contributed by atoms with Gasteiger partial charge in [-0.1, -0.05) is 42.5 Å². The zero-order valence-corrected chi connectivity index (χ0v) is 15.5. The molecule has 1 fully saturated rings. The molecule has 1 aliphatic heterocycles. The van der Waals surface area contributed by atoms with Crippen LogP contribution in [0.3, 0.4) is 0 Å². The van der Waals surface area contributed by atoms with Gasteiger partial charge in [0.05, 0.1) is 7.11 Å². The fourth-order valence-electron chi connectivity index (χ4n) is 3.40. The first-order valence-corrected chi connectivity index (χ1v) is 9.28. The van der Waals surface area contributed by atoms with Gasteiger partial charge < -0.3 is 10.1 Å². The number of nitrogens with zero attached hydrogens (tertiary/aromatic N) is 3. The Balaban J connectivity index is 1.34. The summed E-state index contributed by atoms with van der Waals surface area (Å²) in [5.74, 6) is 1.58. The van der Waals surface area contributed by atoms with E-state index in [1.165, 1.54) is 17.5 Å². The molecule has 5 nitrogen and oxygen atoms in total. The van der Waals surface area contributed by atoms with E-state index in [0.29, 0.717) is 12.0 Å². The highest BCUT2D eigenvalue weighted by molar-refractivity contribution is 5.32. The lowest BCUT2D eigenvalue weighted by atomic mass is 9.94. The van der Waals surface area contributed by atoms with Crippen LogP contribution in [0.1, 0.15) is 29.2 Å². The van der Waals surface area contributed by atoms with Gasteiger partial charge >= 0.3 is 0 Å². The molecule has 0 aliphatic carbocycles. The zero-order valence-electron chi connectivity index (χ0n) is 15.5. The Morgan fingerprint density at radius 1 is 1.04 bits per heavy atom. The highest BCUT2D eigenvalue weighted by Gasteiger charge is 2.29. The van der Waals surface area contributed by atoms with E-state index < -0.39 is 0 Å². The summed E-state index contributed by atoms with van der Waals surface area (Å²) in [4.78, 5) is 11.4. The van der Waals surface area contributed by atoms with Gasteiger partial charge in [-0.25, -0.2) is 9.97 Å². The molecule has 0 bridgehead atoms. The van der Waals surface area contributed by atoms with Gasteiger partial charge in [0.2, 0.25) is 5.95 Å². The first kappa shape index (κ1) is 17.5. The predicted molar refractivity (Wildman–Crippen MR) is 107 cm³/mol. The molecule has 3 aromatic rings. The molecule has 1 atom stereocenters. The maximum atomic E-state index is 5.35. The lowest BCUT2D eigenvalue weighted by Gasteiger charge is -2.41. The highest BCUT2D eigenvalue weighted by atomic mass is 16.5. The van der Waals surface area contributed by atoms with Crippen molar-refractivity contribution in [2.24, 2.45) is 0 Å². The first-order valence-electron chi connectivity index (χ1n) is 9.28. The molecule has 2 aromatic carbocycles. The van der Waals surface area contributed by atoms with Gasteiger partial charge in [-0.2, -0.15) is 0 Å². The fourth-order valence-corrected chi connectivity index (χ4v) is 3.40. The summed E-state index contributed by atoms with van der Waals surface area (Å²) in [6.07, 6.45) is 5.01. The third kappa shape index (κ3) is 4.26. The Morgan fingerprint density at radius 3 is 2.56 bits per heavy atom. The average molecular weight is 360 g/mol. The van der Waals surface area contributed by atoms with Gasteiger partial charge in [0, 0.05) is 43.6 Å². The molecule has 4 rings (SSSR count). The Hall–Kier alpha value is -2.92. The normalized spacial score (nSPS) is 16.6. The van der Waals surface area contributed by atoms with Crippen molar-refractivity contribution in [3.63, 3.8) is 0 Å². The van der Waals surface area contributed by atoms with E-state index in [9.17, 15) is 0 Å². The first-order chi connectivity index (χ1) is 13.3. The molecule has 27 heavy (non-hydrogen) atoms.